The van der Waals surface area contributed by atoms with E-state index < -0.39 is 0 Å². The van der Waals surface area contributed by atoms with Crippen molar-refractivity contribution in [3.63, 3.8) is 0 Å². The van der Waals surface area contributed by atoms with Gasteiger partial charge >= 0.3 is 0 Å². The maximum atomic E-state index is 8.88. The van der Waals surface area contributed by atoms with E-state index in [1.165, 1.54) is 6.26 Å². The zero-order valence-electron chi connectivity index (χ0n) is 6.33. The standard InChI is InChI=1S/C8H10O2S/c1-2-3-7-4-6(5-10-7)8(9)11/h4-5H,2-3H2,1H3,(H,9,11). The molecule has 0 atom stereocenters. The van der Waals surface area contributed by atoms with E-state index in [4.69, 9.17) is 9.52 Å². The molecule has 11 heavy (non-hydrogen) atoms. The molecule has 0 saturated carbocycles. The van der Waals surface area contributed by atoms with Gasteiger partial charge in [-0.25, -0.2) is 0 Å². The third-order valence-electron chi connectivity index (χ3n) is 1.40. The Hall–Kier alpha value is -0.830. The molecule has 0 bridgehead atoms. The van der Waals surface area contributed by atoms with E-state index >= 15 is 0 Å². The first-order chi connectivity index (χ1) is 5.24. The average Bonchev–Trinajstić information content (AvgIpc) is 2.37. The van der Waals surface area contributed by atoms with E-state index in [-0.39, 0.29) is 5.05 Å². The van der Waals surface area contributed by atoms with E-state index in [9.17, 15) is 0 Å². The van der Waals surface area contributed by atoms with Gasteiger partial charge in [-0.3, -0.25) is 0 Å². The molecule has 1 aromatic rings. The maximum absolute atomic E-state index is 8.88. The number of hydrogen-bond acceptors (Lipinski definition) is 2. The first-order valence-corrected chi connectivity index (χ1v) is 3.95. The molecule has 60 valence electrons. The van der Waals surface area contributed by atoms with Crippen LogP contribution in [-0.2, 0) is 6.42 Å². The van der Waals surface area contributed by atoms with Crippen LogP contribution >= 0.6 is 12.2 Å². The van der Waals surface area contributed by atoms with Crippen molar-refractivity contribution in [2.75, 3.05) is 0 Å². The largest absolute Gasteiger partial charge is 0.498 e. The number of aliphatic hydroxyl groups excluding tert-OH is 1. The Morgan fingerprint density at radius 3 is 2.91 bits per heavy atom. The zero-order chi connectivity index (χ0) is 8.27. The lowest BCUT2D eigenvalue weighted by Gasteiger charge is -1.86. The predicted octanol–water partition coefficient (Wildman–Crippen LogP) is 2.47. The van der Waals surface area contributed by atoms with Gasteiger partial charge in [0.15, 0.2) is 5.05 Å². The van der Waals surface area contributed by atoms with E-state index in [1.807, 2.05) is 0 Å². The van der Waals surface area contributed by atoms with Crippen LogP contribution in [0.2, 0.25) is 0 Å². The fourth-order valence-corrected chi connectivity index (χ4v) is 0.977. The van der Waals surface area contributed by atoms with Crippen molar-refractivity contribution in [2.45, 2.75) is 19.8 Å². The van der Waals surface area contributed by atoms with Gasteiger partial charge < -0.3 is 9.52 Å². The third kappa shape index (κ3) is 2.05. The summed E-state index contributed by atoms with van der Waals surface area (Å²) in [6, 6.07) is 1.77. The Morgan fingerprint density at radius 1 is 1.73 bits per heavy atom. The summed E-state index contributed by atoms with van der Waals surface area (Å²) in [5.41, 5.74) is 0.600. The highest BCUT2D eigenvalue weighted by molar-refractivity contribution is 7.80. The van der Waals surface area contributed by atoms with Crippen molar-refractivity contribution in [3.8, 4) is 0 Å². The monoisotopic (exact) mass is 170 g/mol. The van der Waals surface area contributed by atoms with Gasteiger partial charge in [-0.1, -0.05) is 6.92 Å². The predicted molar refractivity (Wildman–Crippen MR) is 47.0 cm³/mol. The molecule has 0 aliphatic carbocycles. The summed E-state index contributed by atoms with van der Waals surface area (Å²) in [6.07, 6.45) is 3.40. The lowest BCUT2D eigenvalue weighted by molar-refractivity contribution is 0.504. The molecule has 0 aliphatic heterocycles. The number of aryl methyl sites for hydroxylation is 1. The summed E-state index contributed by atoms with van der Waals surface area (Å²) in [7, 11) is 0. The molecular formula is C8H10O2S. The van der Waals surface area contributed by atoms with Gasteiger partial charge in [0, 0.05) is 6.42 Å². The molecule has 0 radical (unpaired) electrons. The van der Waals surface area contributed by atoms with E-state index in [1.54, 1.807) is 6.07 Å². The SMILES string of the molecule is CCCc1cc(C(O)=S)co1. The number of furan rings is 1. The van der Waals surface area contributed by atoms with Crippen molar-refractivity contribution in [1.29, 1.82) is 0 Å². The van der Waals surface area contributed by atoms with Gasteiger partial charge in [-0.2, -0.15) is 0 Å². The molecule has 0 amide bonds. The Bertz CT molecular complexity index is 252. The number of thiocarbonyl (C=S) groups is 1. The molecule has 0 spiro atoms. The van der Waals surface area contributed by atoms with Crippen molar-refractivity contribution in [2.24, 2.45) is 0 Å². The van der Waals surface area contributed by atoms with Gasteiger partial charge in [0.2, 0.25) is 0 Å². The minimum Gasteiger partial charge on any atom is -0.498 e. The van der Waals surface area contributed by atoms with E-state index in [0.717, 1.165) is 18.6 Å². The summed E-state index contributed by atoms with van der Waals surface area (Å²) in [5.74, 6) is 0.874. The second-order valence-corrected chi connectivity index (χ2v) is 2.74. The summed E-state index contributed by atoms with van der Waals surface area (Å²) in [6.45, 7) is 2.07. The second-order valence-electron chi connectivity index (χ2n) is 2.36. The highest BCUT2D eigenvalue weighted by Gasteiger charge is 2.03. The first-order valence-electron chi connectivity index (χ1n) is 3.54. The minimum atomic E-state index is -0.101. The topological polar surface area (TPSA) is 33.4 Å². The van der Waals surface area contributed by atoms with Crippen LogP contribution in [0.5, 0.6) is 0 Å². The van der Waals surface area contributed by atoms with Crippen molar-refractivity contribution in [1.82, 2.24) is 0 Å². The summed E-state index contributed by atoms with van der Waals surface area (Å²) >= 11 is 4.56. The Morgan fingerprint density at radius 2 is 2.45 bits per heavy atom. The first kappa shape index (κ1) is 8.27. The van der Waals surface area contributed by atoms with E-state index in [0.29, 0.717) is 5.56 Å². The summed E-state index contributed by atoms with van der Waals surface area (Å²) in [5, 5.41) is 8.78. The van der Waals surface area contributed by atoms with Crippen molar-refractivity contribution in [3.05, 3.63) is 23.7 Å². The highest BCUT2D eigenvalue weighted by Crippen LogP contribution is 2.09. The van der Waals surface area contributed by atoms with Gasteiger partial charge in [-0.05, 0) is 24.7 Å². The molecule has 0 aromatic carbocycles. The maximum Gasteiger partial charge on any atom is 0.191 e. The Kier molecular flexibility index (Phi) is 2.65. The van der Waals surface area contributed by atoms with Crippen LogP contribution in [-0.4, -0.2) is 10.2 Å². The summed E-state index contributed by atoms with van der Waals surface area (Å²) < 4.78 is 5.12. The highest BCUT2D eigenvalue weighted by atomic mass is 32.1. The van der Waals surface area contributed by atoms with Crippen LogP contribution in [0, 0.1) is 0 Å². The summed E-state index contributed by atoms with van der Waals surface area (Å²) in [4.78, 5) is 0. The lowest BCUT2D eigenvalue weighted by atomic mass is 10.2. The van der Waals surface area contributed by atoms with Crippen LogP contribution in [0.1, 0.15) is 24.7 Å². The number of rotatable bonds is 3. The van der Waals surface area contributed by atoms with Crippen molar-refractivity contribution < 1.29 is 9.52 Å². The van der Waals surface area contributed by atoms with Gasteiger partial charge in [-0.15, -0.1) is 0 Å². The smallest absolute Gasteiger partial charge is 0.191 e. The normalized spacial score (nSPS) is 9.91. The van der Waals surface area contributed by atoms with Gasteiger partial charge in [0.05, 0.1) is 5.56 Å². The van der Waals surface area contributed by atoms with Gasteiger partial charge in [0.25, 0.3) is 0 Å². The molecule has 1 heterocycles. The fraction of sp³-hybridized carbons (Fsp3) is 0.375. The lowest BCUT2D eigenvalue weighted by Crippen LogP contribution is -1.89. The molecule has 0 fully saturated rings. The van der Waals surface area contributed by atoms with Crippen LogP contribution in [0.4, 0.5) is 0 Å². The quantitative estimate of drug-likeness (QED) is 0.707. The zero-order valence-corrected chi connectivity index (χ0v) is 7.15. The minimum absolute atomic E-state index is 0.101. The van der Waals surface area contributed by atoms with Crippen LogP contribution in [0.25, 0.3) is 0 Å². The fourth-order valence-electron chi connectivity index (χ4n) is 0.870. The van der Waals surface area contributed by atoms with Crippen LogP contribution < -0.4 is 0 Å². The molecule has 3 heteroatoms. The molecule has 1 aromatic heterocycles. The Balaban J connectivity index is 2.73. The van der Waals surface area contributed by atoms with E-state index in [2.05, 4.69) is 19.1 Å². The molecule has 1 rings (SSSR count). The second kappa shape index (κ2) is 3.53. The van der Waals surface area contributed by atoms with Crippen LogP contribution in [0.3, 0.4) is 0 Å². The molecule has 0 unspecified atom stereocenters. The molecule has 0 aliphatic rings. The number of hydrogen-bond donors (Lipinski definition) is 1. The average molecular weight is 170 g/mol. The van der Waals surface area contributed by atoms with Gasteiger partial charge in [0.1, 0.15) is 12.0 Å². The molecule has 2 nitrogen and oxygen atoms in total. The Labute approximate surface area is 70.8 Å². The molecule has 0 saturated heterocycles. The van der Waals surface area contributed by atoms with Crippen molar-refractivity contribution >= 4 is 17.3 Å². The van der Waals surface area contributed by atoms with Crippen LogP contribution in [0.15, 0.2) is 16.7 Å². The molecule has 1 N–H and O–H groups in total. The number of aliphatic hydroxyl groups is 1. The molecular weight excluding hydrogens is 160 g/mol. The third-order valence-corrected chi connectivity index (χ3v) is 1.63.